The van der Waals surface area contributed by atoms with E-state index in [-0.39, 0.29) is 11.9 Å². The predicted molar refractivity (Wildman–Crippen MR) is 80.3 cm³/mol. The Hall–Kier alpha value is -1.39. The van der Waals surface area contributed by atoms with E-state index in [1.54, 1.807) is 17.4 Å². The summed E-state index contributed by atoms with van der Waals surface area (Å²) in [7, 11) is 2.00. The van der Waals surface area contributed by atoms with Crippen molar-refractivity contribution in [2.45, 2.75) is 19.4 Å². The summed E-state index contributed by atoms with van der Waals surface area (Å²) in [5.74, 6) is -0.173. The molecule has 0 bridgehead atoms. The van der Waals surface area contributed by atoms with Gasteiger partial charge < -0.3 is 10.6 Å². The molecule has 1 heterocycles. The highest BCUT2D eigenvalue weighted by molar-refractivity contribution is 7.10. The second kappa shape index (κ2) is 6.17. The minimum atomic E-state index is -0.173. The first-order valence-electron chi connectivity index (χ1n) is 6.39. The van der Waals surface area contributed by atoms with E-state index in [4.69, 9.17) is 5.73 Å². The maximum absolute atomic E-state index is 13.9. The average molecular weight is 278 g/mol. The van der Waals surface area contributed by atoms with Crippen LogP contribution in [0, 0.1) is 5.82 Å². The summed E-state index contributed by atoms with van der Waals surface area (Å²) >= 11 is 1.72. The number of nitrogens with zero attached hydrogens (tertiary/aromatic N) is 1. The summed E-state index contributed by atoms with van der Waals surface area (Å²) < 4.78 is 13.9. The van der Waals surface area contributed by atoms with Crippen molar-refractivity contribution in [2.75, 3.05) is 18.5 Å². The Morgan fingerprint density at radius 2 is 2.11 bits per heavy atom. The van der Waals surface area contributed by atoms with E-state index in [1.807, 2.05) is 19.2 Å². The zero-order valence-corrected chi connectivity index (χ0v) is 12.1. The topological polar surface area (TPSA) is 29.3 Å². The molecule has 0 radical (unpaired) electrons. The standard InChI is InChI=1S/C15H19FN2S/c1-11(15-7-4-10-19-15)18(2)14-6-3-5-13(16)12(14)8-9-17/h3-7,10-11H,8-9,17H2,1-2H3. The van der Waals surface area contributed by atoms with Crippen molar-refractivity contribution in [1.29, 1.82) is 0 Å². The zero-order chi connectivity index (χ0) is 13.8. The smallest absolute Gasteiger partial charge is 0.128 e. The van der Waals surface area contributed by atoms with Gasteiger partial charge in [-0.2, -0.15) is 0 Å². The molecule has 0 saturated carbocycles. The van der Waals surface area contributed by atoms with Crippen LogP contribution in [0.15, 0.2) is 35.7 Å². The van der Waals surface area contributed by atoms with Crippen LogP contribution in [-0.4, -0.2) is 13.6 Å². The summed E-state index contributed by atoms with van der Waals surface area (Å²) in [4.78, 5) is 3.38. The molecular weight excluding hydrogens is 259 g/mol. The van der Waals surface area contributed by atoms with E-state index in [9.17, 15) is 4.39 Å². The Bertz CT molecular complexity index is 525. The monoisotopic (exact) mass is 278 g/mol. The van der Waals surface area contributed by atoms with Crippen molar-refractivity contribution in [3.05, 3.63) is 52.0 Å². The molecule has 0 fully saturated rings. The van der Waals surface area contributed by atoms with Crippen molar-refractivity contribution in [3.8, 4) is 0 Å². The number of hydrogen-bond acceptors (Lipinski definition) is 3. The molecule has 0 aliphatic carbocycles. The number of hydrogen-bond donors (Lipinski definition) is 1. The van der Waals surface area contributed by atoms with Gasteiger partial charge in [0, 0.05) is 23.2 Å². The average Bonchev–Trinajstić information content (AvgIpc) is 2.93. The molecule has 1 atom stereocenters. The largest absolute Gasteiger partial charge is 0.367 e. The third-order valence-electron chi connectivity index (χ3n) is 3.40. The van der Waals surface area contributed by atoms with E-state index in [1.165, 1.54) is 10.9 Å². The van der Waals surface area contributed by atoms with Gasteiger partial charge in [-0.3, -0.25) is 0 Å². The number of thiophene rings is 1. The van der Waals surface area contributed by atoms with E-state index >= 15 is 0 Å². The second-order valence-corrected chi connectivity index (χ2v) is 5.56. The first-order valence-corrected chi connectivity index (χ1v) is 7.26. The van der Waals surface area contributed by atoms with Gasteiger partial charge in [-0.05, 0) is 43.5 Å². The van der Waals surface area contributed by atoms with Gasteiger partial charge >= 0.3 is 0 Å². The van der Waals surface area contributed by atoms with Crippen LogP contribution in [0.2, 0.25) is 0 Å². The van der Waals surface area contributed by atoms with E-state index in [2.05, 4.69) is 23.3 Å². The van der Waals surface area contributed by atoms with Crippen molar-refractivity contribution >= 4 is 17.0 Å². The highest BCUT2D eigenvalue weighted by Gasteiger charge is 2.17. The van der Waals surface area contributed by atoms with Crippen LogP contribution < -0.4 is 10.6 Å². The van der Waals surface area contributed by atoms with Crippen LogP contribution in [-0.2, 0) is 6.42 Å². The molecule has 0 aliphatic heterocycles. The van der Waals surface area contributed by atoms with Crippen molar-refractivity contribution in [2.24, 2.45) is 5.73 Å². The maximum atomic E-state index is 13.9. The normalized spacial score (nSPS) is 12.4. The maximum Gasteiger partial charge on any atom is 0.128 e. The number of rotatable bonds is 5. The van der Waals surface area contributed by atoms with Crippen molar-refractivity contribution < 1.29 is 4.39 Å². The van der Waals surface area contributed by atoms with Gasteiger partial charge in [0.05, 0.1) is 6.04 Å². The lowest BCUT2D eigenvalue weighted by molar-refractivity contribution is 0.606. The van der Waals surface area contributed by atoms with Crippen LogP contribution in [0.25, 0.3) is 0 Å². The van der Waals surface area contributed by atoms with E-state index < -0.39 is 0 Å². The Kier molecular flexibility index (Phi) is 4.56. The van der Waals surface area contributed by atoms with Gasteiger partial charge in [-0.15, -0.1) is 11.3 Å². The Labute approximate surface area is 117 Å². The molecule has 2 aromatic rings. The van der Waals surface area contributed by atoms with Crippen LogP contribution in [0.3, 0.4) is 0 Å². The molecule has 2 rings (SSSR count). The lowest BCUT2D eigenvalue weighted by atomic mass is 10.1. The Morgan fingerprint density at radius 3 is 2.74 bits per heavy atom. The summed E-state index contributed by atoms with van der Waals surface area (Å²) in [5, 5.41) is 2.06. The molecule has 19 heavy (non-hydrogen) atoms. The third-order valence-corrected chi connectivity index (χ3v) is 4.45. The molecule has 1 aromatic carbocycles. The van der Waals surface area contributed by atoms with Gasteiger partial charge in [0.15, 0.2) is 0 Å². The quantitative estimate of drug-likeness (QED) is 0.905. The van der Waals surface area contributed by atoms with Crippen molar-refractivity contribution in [1.82, 2.24) is 0 Å². The molecule has 4 heteroatoms. The van der Waals surface area contributed by atoms with Crippen LogP contribution in [0.5, 0.6) is 0 Å². The minimum Gasteiger partial charge on any atom is -0.367 e. The van der Waals surface area contributed by atoms with Crippen LogP contribution in [0.1, 0.15) is 23.4 Å². The fourth-order valence-corrected chi connectivity index (χ4v) is 3.02. The minimum absolute atomic E-state index is 0.173. The van der Waals surface area contributed by atoms with Gasteiger partial charge in [-0.1, -0.05) is 12.1 Å². The lowest BCUT2D eigenvalue weighted by Gasteiger charge is -2.28. The molecular formula is C15H19FN2S. The molecule has 102 valence electrons. The number of nitrogens with two attached hydrogens (primary N) is 1. The molecule has 2 nitrogen and oxygen atoms in total. The van der Waals surface area contributed by atoms with Gasteiger partial charge in [0.1, 0.15) is 5.82 Å². The number of halogens is 1. The van der Waals surface area contributed by atoms with E-state index in [0.29, 0.717) is 18.5 Å². The fourth-order valence-electron chi connectivity index (χ4n) is 2.20. The molecule has 0 spiro atoms. The third kappa shape index (κ3) is 2.96. The summed E-state index contributed by atoms with van der Waals surface area (Å²) in [6.07, 6.45) is 0.559. The van der Waals surface area contributed by atoms with Gasteiger partial charge in [0.25, 0.3) is 0 Å². The summed E-state index contributed by atoms with van der Waals surface area (Å²) in [6.45, 7) is 2.58. The zero-order valence-electron chi connectivity index (χ0n) is 11.3. The highest BCUT2D eigenvalue weighted by atomic mass is 32.1. The number of benzene rings is 1. The van der Waals surface area contributed by atoms with Gasteiger partial charge in [-0.25, -0.2) is 4.39 Å². The SMILES string of the molecule is CC(c1cccs1)N(C)c1cccc(F)c1CCN. The van der Waals surface area contributed by atoms with E-state index in [0.717, 1.165) is 5.69 Å². The highest BCUT2D eigenvalue weighted by Crippen LogP contribution is 2.31. The molecule has 1 unspecified atom stereocenters. The second-order valence-electron chi connectivity index (χ2n) is 4.58. The molecule has 0 saturated heterocycles. The summed E-state index contributed by atoms with van der Waals surface area (Å²) in [6, 6.07) is 9.57. The summed E-state index contributed by atoms with van der Waals surface area (Å²) in [5.41, 5.74) is 7.21. The van der Waals surface area contributed by atoms with Crippen LogP contribution in [0.4, 0.5) is 10.1 Å². The molecule has 1 aromatic heterocycles. The first kappa shape index (κ1) is 14.0. The predicted octanol–water partition coefficient (Wildman–Crippen LogP) is 3.59. The molecule has 0 amide bonds. The fraction of sp³-hybridized carbons (Fsp3) is 0.333. The molecule has 0 aliphatic rings. The Balaban J connectivity index is 2.33. The van der Waals surface area contributed by atoms with Crippen LogP contribution >= 0.6 is 11.3 Å². The molecule has 2 N–H and O–H groups in total. The number of anilines is 1. The first-order chi connectivity index (χ1) is 9.15. The lowest BCUT2D eigenvalue weighted by Crippen LogP contribution is -2.23. The van der Waals surface area contributed by atoms with Crippen molar-refractivity contribution in [3.63, 3.8) is 0 Å². The van der Waals surface area contributed by atoms with Gasteiger partial charge in [0.2, 0.25) is 0 Å². The Morgan fingerprint density at radius 1 is 1.32 bits per heavy atom.